The second kappa shape index (κ2) is 7.67. The Morgan fingerprint density at radius 3 is 2.33 bits per heavy atom. The standard InChI is InChI=1S/C18H19N3O6/c19-9-3-6-15(23)27-10-20-14(22)8-7-13(18(20)26)21-16(24)11-4-1-2-5-12(11)17(21)25/h1-2,4-5,13H,3,6-10,19H2. The van der Waals surface area contributed by atoms with E-state index >= 15 is 0 Å². The maximum absolute atomic E-state index is 12.7. The minimum absolute atomic E-state index is 0.0375. The topological polar surface area (TPSA) is 127 Å². The summed E-state index contributed by atoms with van der Waals surface area (Å²) in [6, 6.07) is 5.20. The molecule has 0 aliphatic carbocycles. The molecule has 0 saturated carbocycles. The molecule has 2 aliphatic heterocycles. The number of esters is 1. The van der Waals surface area contributed by atoms with Crippen LogP contribution in [0.25, 0.3) is 0 Å². The van der Waals surface area contributed by atoms with Gasteiger partial charge in [0.1, 0.15) is 6.04 Å². The van der Waals surface area contributed by atoms with Crippen LogP contribution in [0.2, 0.25) is 0 Å². The number of likely N-dealkylation sites (tertiary alicyclic amines) is 1. The van der Waals surface area contributed by atoms with E-state index in [1.165, 1.54) is 12.1 Å². The number of nitrogens with two attached hydrogens (primary N) is 1. The molecule has 0 spiro atoms. The summed E-state index contributed by atoms with van der Waals surface area (Å²) in [6.45, 7) is -0.223. The number of fused-ring (bicyclic) bond motifs is 1. The molecule has 1 saturated heterocycles. The number of nitrogens with zero attached hydrogens (tertiary/aromatic N) is 2. The lowest BCUT2D eigenvalue weighted by atomic mass is 10.0. The number of benzene rings is 1. The van der Waals surface area contributed by atoms with Gasteiger partial charge in [0.05, 0.1) is 11.1 Å². The fourth-order valence-corrected chi connectivity index (χ4v) is 3.14. The van der Waals surface area contributed by atoms with Gasteiger partial charge in [-0.15, -0.1) is 0 Å². The van der Waals surface area contributed by atoms with Crippen molar-refractivity contribution in [1.82, 2.24) is 9.80 Å². The number of piperidine rings is 1. The van der Waals surface area contributed by atoms with Crippen LogP contribution in [0.5, 0.6) is 0 Å². The fourth-order valence-electron chi connectivity index (χ4n) is 3.14. The molecular weight excluding hydrogens is 354 g/mol. The summed E-state index contributed by atoms with van der Waals surface area (Å²) in [5.41, 5.74) is 5.77. The van der Waals surface area contributed by atoms with Gasteiger partial charge in [0, 0.05) is 12.8 Å². The summed E-state index contributed by atoms with van der Waals surface area (Å²) in [4.78, 5) is 63.2. The lowest BCUT2D eigenvalue weighted by Gasteiger charge is -2.33. The number of amides is 4. The van der Waals surface area contributed by atoms with E-state index in [0.29, 0.717) is 13.0 Å². The van der Waals surface area contributed by atoms with Crippen LogP contribution in [0.3, 0.4) is 0 Å². The van der Waals surface area contributed by atoms with Crippen LogP contribution in [0.4, 0.5) is 0 Å². The van der Waals surface area contributed by atoms with Gasteiger partial charge >= 0.3 is 5.97 Å². The third-order valence-corrected chi connectivity index (χ3v) is 4.56. The van der Waals surface area contributed by atoms with Crippen molar-refractivity contribution in [3.05, 3.63) is 35.4 Å². The summed E-state index contributed by atoms with van der Waals surface area (Å²) < 4.78 is 4.95. The Balaban J connectivity index is 1.73. The number of ether oxygens (including phenoxy) is 1. The third kappa shape index (κ3) is 3.45. The molecule has 27 heavy (non-hydrogen) atoms. The highest BCUT2D eigenvalue weighted by Crippen LogP contribution is 2.28. The van der Waals surface area contributed by atoms with Crippen molar-refractivity contribution in [3.63, 3.8) is 0 Å². The summed E-state index contributed by atoms with van der Waals surface area (Å²) >= 11 is 0. The fraction of sp³-hybridized carbons (Fsp3) is 0.389. The van der Waals surface area contributed by atoms with Crippen molar-refractivity contribution in [2.75, 3.05) is 13.3 Å². The summed E-state index contributed by atoms with van der Waals surface area (Å²) in [6.07, 6.45) is 0.512. The maximum Gasteiger partial charge on any atom is 0.307 e. The first-order valence-electron chi connectivity index (χ1n) is 8.62. The second-order valence-electron chi connectivity index (χ2n) is 6.28. The number of hydrogen-bond donors (Lipinski definition) is 1. The van der Waals surface area contributed by atoms with E-state index in [9.17, 15) is 24.0 Å². The number of carbonyl (C=O) groups is 5. The zero-order valence-corrected chi connectivity index (χ0v) is 14.6. The molecule has 1 aromatic carbocycles. The quantitative estimate of drug-likeness (QED) is 0.551. The van der Waals surface area contributed by atoms with Gasteiger partial charge < -0.3 is 10.5 Å². The number of carbonyl (C=O) groups excluding carboxylic acids is 5. The van der Waals surface area contributed by atoms with E-state index < -0.39 is 42.4 Å². The predicted molar refractivity (Wildman–Crippen MR) is 91.1 cm³/mol. The summed E-state index contributed by atoms with van der Waals surface area (Å²) in [5.74, 6) is -2.96. The number of rotatable bonds is 6. The third-order valence-electron chi connectivity index (χ3n) is 4.56. The molecule has 2 N–H and O–H groups in total. The molecule has 2 aliphatic rings. The highest BCUT2D eigenvalue weighted by atomic mass is 16.5. The van der Waals surface area contributed by atoms with Crippen LogP contribution in [0.1, 0.15) is 46.4 Å². The van der Waals surface area contributed by atoms with E-state index in [-0.39, 0.29) is 30.4 Å². The van der Waals surface area contributed by atoms with Crippen molar-refractivity contribution < 1.29 is 28.7 Å². The molecule has 1 aromatic rings. The SMILES string of the molecule is NCCCC(=O)OCN1C(=O)CCC(N2C(=O)c3ccccc3C2=O)C1=O. The van der Waals surface area contributed by atoms with E-state index in [0.717, 1.165) is 9.80 Å². The van der Waals surface area contributed by atoms with Gasteiger partial charge in [0.2, 0.25) is 5.91 Å². The molecule has 0 radical (unpaired) electrons. The highest BCUT2D eigenvalue weighted by Gasteiger charge is 2.47. The van der Waals surface area contributed by atoms with E-state index in [1.54, 1.807) is 12.1 Å². The maximum atomic E-state index is 12.7. The van der Waals surface area contributed by atoms with Crippen molar-refractivity contribution >= 4 is 29.6 Å². The smallest absolute Gasteiger partial charge is 0.307 e. The molecule has 142 valence electrons. The monoisotopic (exact) mass is 373 g/mol. The van der Waals surface area contributed by atoms with E-state index in [4.69, 9.17) is 10.5 Å². The predicted octanol–water partition coefficient (Wildman–Crippen LogP) is 0.0398. The first kappa shape index (κ1) is 18.7. The molecule has 1 fully saturated rings. The average Bonchev–Trinajstić information content (AvgIpc) is 2.91. The molecule has 1 unspecified atom stereocenters. The summed E-state index contributed by atoms with van der Waals surface area (Å²) in [5, 5.41) is 0. The van der Waals surface area contributed by atoms with Crippen LogP contribution < -0.4 is 5.73 Å². The molecule has 2 heterocycles. The normalized spacial score (nSPS) is 19.5. The molecule has 9 nitrogen and oxygen atoms in total. The largest absolute Gasteiger partial charge is 0.444 e. The van der Waals surface area contributed by atoms with Crippen LogP contribution in [0, 0.1) is 0 Å². The molecule has 0 aromatic heterocycles. The van der Waals surface area contributed by atoms with Crippen LogP contribution in [-0.2, 0) is 19.1 Å². The number of hydrogen-bond acceptors (Lipinski definition) is 7. The molecule has 0 bridgehead atoms. The Bertz CT molecular complexity index is 786. The highest BCUT2D eigenvalue weighted by molar-refractivity contribution is 6.23. The Kier molecular flexibility index (Phi) is 5.31. The first-order chi connectivity index (χ1) is 13.0. The molecule has 1 atom stereocenters. The van der Waals surface area contributed by atoms with Crippen molar-refractivity contribution in [2.45, 2.75) is 31.7 Å². The van der Waals surface area contributed by atoms with Gasteiger partial charge in [0.25, 0.3) is 17.7 Å². The Labute approximate surface area is 155 Å². The molecular formula is C18H19N3O6. The van der Waals surface area contributed by atoms with E-state index in [2.05, 4.69) is 0 Å². The summed E-state index contributed by atoms with van der Waals surface area (Å²) in [7, 11) is 0. The van der Waals surface area contributed by atoms with Crippen molar-refractivity contribution in [3.8, 4) is 0 Å². The minimum Gasteiger partial charge on any atom is -0.444 e. The second-order valence-corrected chi connectivity index (χ2v) is 6.28. The van der Waals surface area contributed by atoms with E-state index in [1.807, 2.05) is 0 Å². The van der Waals surface area contributed by atoms with Gasteiger partial charge in [-0.2, -0.15) is 0 Å². The van der Waals surface area contributed by atoms with Crippen LogP contribution >= 0.6 is 0 Å². The Morgan fingerprint density at radius 1 is 1.11 bits per heavy atom. The molecule has 3 rings (SSSR count). The zero-order valence-electron chi connectivity index (χ0n) is 14.6. The van der Waals surface area contributed by atoms with Gasteiger partial charge in [-0.3, -0.25) is 28.9 Å². The first-order valence-corrected chi connectivity index (χ1v) is 8.62. The number of imide groups is 2. The van der Waals surface area contributed by atoms with Gasteiger partial charge in [-0.25, -0.2) is 4.90 Å². The lowest BCUT2D eigenvalue weighted by Crippen LogP contribution is -2.56. The Hall–Kier alpha value is -3.07. The van der Waals surface area contributed by atoms with Crippen LogP contribution in [-0.4, -0.2) is 58.7 Å². The van der Waals surface area contributed by atoms with Crippen LogP contribution in [0.15, 0.2) is 24.3 Å². The molecule has 4 amide bonds. The van der Waals surface area contributed by atoms with Gasteiger partial charge in [-0.1, -0.05) is 12.1 Å². The lowest BCUT2D eigenvalue weighted by molar-refractivity contribution is -0.163. The minimum atomic E-state index is -1.10. The van der Waals surface area contributed by atoms with Gasteiger partial charge in [-0.05, 0) is 31.5 Å². The zero-order chi connectivity index (χ0) is 19.6. The average molecular weight is 373 g/mol. The molecule has 9 heteroatoms. The Morgan fingerprint density at radius 2 is 1.74 bits per heavy atom. The van der Waals surface area contributed by atoms with Crippen molar-refractivity contribution in [2.24, 2.45) is 5.73 Å². The van der Waals surface area contributed by atoms with Crippen molar-refractivity contribution in [1.29, 1.82) is 0 Å². The van der Waals surface area contributed by atoms with Gasteiger partial charge in [0.15, 0.2) is 6.73 Å².